The number of nitriles is 1. The van der Waals surface area contributed by atoms with E-state index in [0.717, 1.165) is 16.9 Å². The minimum Gasteiger partial charge on any atom is -0.341 e. The van der Waals surface area contributed by atoms with E-state index in [1.54, 1.807) is 0 Å². The SMILES string of the molecule is N#Cc1ccc2nc(C3CCCCS3)[nH]c2c1. The van der Waals surface area contributed by atoms with E-state index >= 15 is 0 Å². The number of hydrogen-bond donors (Lipinski definition) is 1. The first-order valence-electron chi connectivity index (χ1n) is 5.88. The Hall–Kier alpha value is -1.47. The summed E-state index contributed by atoms with van der Waals surface area (Å²) in [5, 5.41) is 9.37. The third kappa shape index (κ3) is 2.03. The summed E-state index contributed by atoms with van der Waals surface area (Å²) in [5.41, 5.74) is 2.62. The summed E-state index contributed by atoms with van der Waals surface area (Å²) < 4.78 is 0. The lowest BCUT2D eigenvalue weighted by Gasteiger charge is -2.18. The summed E-state index contributed by atoms with van der Waals surface area (Å²) in [7, 11) is 0. The molecule has 0 radical (unpaired) electrons. The van der Waals surface area contributed by atoms with Crippen LogP contribution in [0.3, 0.4) is 0 Å². The van der Waals surface area contributed by atoms with Gasteiger partial charge in [-0.25, -0.2) is 4.98 Å². The molecule has 1 aliphatic heterocycles. The van der Waals surface area contributed by atoms with E-state index in [9.17, 15) is 0 Å². The van der Waals surface area contributed by atoms with E-state index in [1.807, 2.05) is 30.0 Å². The van der Waals surface area contributed by atoms with Crippen molar-refractivity contribution in [3.8, 4) is 6.07 Å². The minimum absolute atomic E-state index is 0.502. The molecule has 0 saturated carbocycles. The molecule has 1 atom stereocenters. The summed E-state index contributed by atoms with van der Waals surface area (Å²) in [6, 6.07) is 7.77. The molecule has 2 heterocycles. The molecule has 1 saturated heterocycles. The van der Waals surface area contributed by atoms with Gasteiger partial charge in [-0.05, 0) is 36.8 Å². The van der Waals surface area contributed by atoms with Crippen molar-refractivity contribution in [1.82, 2.24) is 9.97 Å². The number of nitrogens with zero attached hydrogens (tertiary/aromatic N) is 2. The number of fused-ring (bicyclic) bond motifs is 1. The van der Waals surface area contributed by atoms with Crippen molar-refractivity contribution in [1.29, 1.82) is 5.26 Å². The predicted octanol–water partition coefficient (Wildman–Crippen LogP) is 3.39. The summed E-state index contributed by atoms with van der Waals surface area (Å²) in [6.07, 6.45) is 3.81. The van der Waals surface area contributed by atoms with E-state index in [-0.39, 0.29) is 0 Å². The quantitative estimate of drug-likeness (QED) is 0.835. The van der Waals surface area contributed by atoms with Gasteiger partial charge in [0.1, 0.15) is 5.82 Å². The molecule has 4 heteroatoms. The fourth-order valence-electron chi connectivity index (χ4n) is 2.21. The number of nitrogens with one attached hydrogen (secondary N) is 1. The van der Waals surface area contributed by atoms with E-state index in [0.29, 0.717) is 10.8 Å². The normalized spacial score (nSPS) is 20.3. The third-order valence-electron chi connectivity index (χ3n) is 3.11. The van der Waals surface area contributed by atoms with Gasteiger partial charge in [-0.2, -0.15) is 17.0 Å². The molecule has 1 aromatic heterocycles. The highest BCUT2D eigenvalue weighted by atomic mass is 32.2. The van der Waals surface area contributed by atoms with E-state index in [2.05, 4.69) is 16.0 Å². The monoisotopic (exact) mass is 243 g/mol. The van der Waals surface area contributed by atoms with Crippen molar-refractivity contribution < 1.29 is 0 Å². The lowest BCUT2D eigenvalue weighted by molar-refractivity contribution is 0.668. The maximum Gasteiger partial charge on any atom is 0.120 e. The first-order valence-corrected chi connectivity index (χ1v) is 6.93. The first-order chi connectivity index (χ1) is 8.36. The van der Waals surface area contributed by atoms with Gasteiger partial charge in [-0.15, -0.1) is 0 Å². The Labute approximate surface area is 104 Å². The summed E-state index contributed by atoms with van der Waals surface area (Å²) in [6.45, 7) is 0. The number of thioether (sulfide) groups is 1. The van der Waals surface area contributed by atoms with Gasteiger partial charge in [0.2, 0.25) is 0 Å². The summed E-state index contributed by atoms with van der Waals surface area (Å²) >= 11 is 1.98. The zero-order chi connectivity index (χ0) is 11.7. The van der Waals surface area contributed by atoms with Gasteiger partial charge in [0.25, 0.3) is 0 Å². The maximum absolute atomic E-state index is 8.86. The molecule has 1 aliphatic rings. The lowest BCUT2D eigenvalue weighted by Crippen LogP contribution is -2.03. The second-order valence-electron chi connectivity index (χ2n) is 4.32. The average Bonchev–Trinajstić information content (AvgIpc) is 2.82. The summed E-state index contributed by atoms with van der Waals surface area (Å²) in [5.74, 6) is 2.30. The van der Waals surface area contributed by atoms with Crippen LogP contribution >= 0.6 is 11.8 Å². The van der Waals surface area contributed by atoms with Crippen LogP contribution < -0.4 is 0 Å². The van der Waals surface area contributed by atoms with Crippen molar-refractivity contribution in [2.24, 2.45) is 0 Å². The molecular weight excluding hydrogens is 230 g/mol. The van der Waals surface area contributed by atoms with Crippen molar-refractivity contribution in [3.63, 3.8) is 0 Å². The molecule has 0 spiro atoms. The van der Waals surface area contributed by atoms with E-state index < -0.39 is 0 Å². The second-order valence-corrected chi connectivity index (χ2v) is 5.63. The number of rotatable bonds is 1. The van der Waals surface area contributed by atoms with Crippen LogP contribution in [0.4, 0.5) is 0 Å². The fraction of sp³-hybridized carbons (Fsp3) is 0.385. The highest BCUT2D eigenvalue weighted by Crippen LogP contribution is 2.37. The van der Waals surface area contributed by atoms with E-state index in [1.165, 1.54) is 25.0 Å². The van der Waals surface area contributed by atoms with Crippen molar-refractivity contribution >= 4 is 22.8 Å². The fourth-order valence-corrected chi connectivity index (χ4v) is 3.47. The van der Waals surface area contributed by atoms with Crippen molar-refractivity contribution in [2.75, 3.05) is 5.75 Å². The van der Waals surface area contributed by atoms with Crippen LogP contribution in [-0.4, -0.2) is 15.7 Å². The Bertz CT molecular complexity index is 576. The Morgan fingerprint density at radius 3 is 3.12 bits per heavy atom. The topological polar surface area (TPSA) is 52.5 Å². The molecular formula is C13H13N3S. The largest absolute Gasteiger partial charge is 0.341 e. The molecule has 86 valence electrons. The summed E-state index contributed by atoms with van der Waals surface area (Å²) in [4.78, 5) is 7.98. The molecule has 1 fully saturated rings. The van der Waals surface area contributed by atoms with Gasteiger partial charge < -0.3 is 4.98 Å². The van der Waals surface area contributed by atoms with Crippen LogP contribution in [0.2, 0.25) is 0 Å². The molecule has 1 N–H and O–H groups in total. The van der Waals surface area contributed by atoms with Crippen LogP contribution in [0.5, 0.6) is 0 Å². The van der Waals surface area contributed by atoms with Crippen LogP contribution in [0.15, 0.2) is 18.2 Å². The highest BCUT2D eigenvalue weighted by Gasteiger charge is 2.19. The molecule has 1 unspecified atom stereocenters. The van der Waals surface area contributed by atoms with Crippen molar-refractivity contribution in [2.45, 2.75) is 24.5 Å². The Balaban J connectivity index is 1.98. The van der Waals surface area contributed by atoms with Crippen molar-refractivity contribution in [3.05, 3.63) is 29.6 Å². The molecule has 1 aromatic carbocycles. The van der Waals surface area contributed by atoms with Gasteiger partial charge in [-0.3, -0.25) is 0 Å². The maximum atomic E-state index is 8.86. The minimum atomic E-state index is 0.502. The number of H-pyrrole nitrogens is 1. The zero-order valence-corrected chi connectivity index (χ0v) is 10.3. The van der Waals surface area contributed by atoms with Gasteiger partial charge in [0.05, 0.1) is 27.9 Å². The second kappa shape index (κ2) is 4.42. The standard InChI is InChI=1S/C13H13N3S/c14-8-9-4-5-10-11(7-9)16-13(15-10)12-3-1-2-6-17-12/h4-5,7,12H,1-3,6H2,(H,15,16). The van der Waals surface area contributed by atoms with E-state index in [4.69, 9.17) is 5.26 Å². The Morgan fingerprint density at radius 2 is 2.35 bits per heavy atom. The zero-order valence-electron chi connectivity index (χ0n) is 9.44. The number of aromatic amines is 1. The molecule has 0 amide bonds. The Morgan fingerprint density at radius 1 is 1.41 bits per heavy atom. The van der Waals surface area contributed by atoms with Crippen LogP contribution in [0, 0.1) is 11.3 Å². The number of imidazole rings is 1. The average molecular weight is 243 g/mol. The lowest BCUT2D eigenvalue weighted by atomic mass is 10.2. The van der Waals surface area contributed by atoms with Gasteiger partial charge in [0, 0.05) is 0 Å². The molecule has 17 heavy (non-hydrogen) atoms. The number of benzene rings is 1. The van der Waals surface area contributed by atoms with Gasteiger partial charge >= 0.3 is 0 Å². The predicted molar refractivity (Wildman–Crippen MR) is 69.9 cm³/mol. The number of hydrogen-bond acceptors (Lipinski definition) is 3. The molecule has 0 bridgehead atoms. The molecule has 0 aliphatic carbocycles. The first kappa shape index (κ1) is 10.7. The smallest absolute Gasteiger partial charge is 0.120 e. The third-order valence-corrected chi connectivity index (χ3v) is 4.50. The molecule has 3 nitrogen and oxygen atoms in total. The van der Waals surface area contributed by atoms with Crippen LogP contribution in [0.25, 0.3) is 11.0 Å². The van der Waals surface area contributed by atoms with Crippen LogP contribution in [-0.2, 0) is 0 Å². The number of aromatic nitrogens is 2. The Kier molecular flexibility index (Phi) is 2.77. The molecule has 3 rings (SSSR count). The van der Waals surface area contributed by atoms with Crippen LogP contribution in [0.1, 0.15) is 35.9 Å². The molecule has 2 aromatic rings. The van der Waals surface area contributed by atoms with Gasteiger partial charge in [0.15, 0.2) is 0 Å². The van der Waals surface area contributed by atoms with Gasteiger partial charge in [-0.1, -0.05) is 6.42 Å². The highest BCUT2D eigenvalue weighted by molar-refractivity contribution is 7.99.